The SMILES string of the molecule is CC1(C)S[C@H]2N(C(=O)C2(Br)Br)[C@H]1C(=O)OCOS(C)(=O)=O. The molecule has 0 aromatic rings. The average molecular weight is 467 g/mol. The van der Waals surface area contributed by atoms with Gasteiger partial charge in [0.15, 0.2) is 3.23 Å². The summed E-state index contributed by atoms with van der Waals surface area (Å²) in [6.07, 6.45) is 0.856. The van der Waals surface area contributed by atoms with Crippen LogP contribution in [0, 0.1) is 0 Å². The van der Waals surface area contributed by atoms with E-state index in [1.54, 1.807) is 0 Å². The van der Waals surface area contributed by atoms with Crippen molar-refractivity contribution in [3.63, 3.8) is 0 Å². The molecule has 0 saturated carbocycles. The van der Waals surface area contributed by atoms with Gasteiger partial charge in [-0.2, -0.15) is 8.42 Å². The monoisotopic (exact) mass is 465 g/mol. The van der Waals surface area contributed by atoms with Crippen LogP contribution in [0.4, 0.5) is 0 Å². The highest BCUT2D eigenvalue weighted by Crippen LogP contribution is 2.60. The predicted molar refractivity (Wildman–Crippen MR) is 83.6 cm³/mol. The van der Waals surface area contributed by atoms with Crippen molar-refractivity contribution in [1.29, 1.82) is 0 Å². The molecule has 0 N–H and O–H groups in total. The molecule has 21 heavy (non-hydrogen) atoms. The smallest absolute Gasteiger partial charge is 0.332 e. The molecule has 120 valence electrons. The Morgan fingerprint density at radius 1 is 1.43 bits per heavy atom. The molecule has 11 heteroatoms. The molecule has 2 aliphatic heterocycles. The summed E-state index contributed by atoms with van der Waals surface area (Å²) in [7, 11) is -3.69. The fourth-order valence-electron chi connectivity index (χ4n) is 2.21. The molecule has 0 bridgehead atoms. The van der Waals surface area contributed by atoms with Crippen molar-refractivity contribution in [2.24, 2.45) is 0 Å². The maximum absolute atomic E-state index is 12.2. The number of carbonyl (C=O) groups excluding carboxylic acids is 2. The molecule has 0 aromatic carbocycles. The second kappa shape index (κ2) is 5.36. The first kappa shape index (κ1) is 17.5. The number of halogens is 2. The van der Waals surface area contributed by atoms with Gasteiger partial charge in [-0.3, -0.25) is 4.79 Å². The van der Waals surface area contributed by atoms with E-state index in [9.17, 15) is 18.0 Å². The zero-order chi connectivity index (χ0) is 16.2. The number of carbonyl (C=O) groups is 2. The predicted octanol–water partition coefficient (Wildman–Crippen LogP) is 1.01. The number of thioether (sulfide) groups is 1. The molecular weight excluding hydrogens is 454 g/mol. The zero-order valence-corrected chi connectivity index (χ0v) is 16.1. The Morgan fingerprint density at radius 2 is 2.00 bits per heavy atom. The Kier molecular flexibility index (Phi) is 4.47. The summed E-state index contributed by atoms with van der Waals surface area (Å²) in [5, 5.41) is -0.242. The minimum Gasteiger partial charge on any atom is -0.436 e. The van der Waals surface area contributed by atoms with Crippen LogP contribution in [-0.2, 0) is 28.6 Å². The summed E-state index contributed by atoms with van der Waals surface area (Å²) in [5.74, 6) is -0.959. The van der Waals surface area contributed by atoms with Gasteiger partial charge in [0, 0.05) is 4.75 Å². The highest BCUT2D eigenvalue weighted by atomic mass is 79.9. The van der Waals surface area contributed by atoms with Crippen molar-refractivity contribution >= 4 is 65.6 Å². The summed E-state index contributed by atoms with van der Waals surface area (Å²) in [6.45, 7) is 2.95. The van der Waals surface area contributed by atoms with Crippen molar-refractivity contribution < 1.29 is 26.9 Å². The molecule has 7 nitrogen and oxygen atoms in total. The minimum atomic E-state index is -3.69. The molecule has 0 aromatic heterocycles. The van der Waals surface area contributed by atoms with Gasteiger partial charge in [0.1, 0.15) is 11.4 Å². The number of hydrogen-bond donors (Lipinski definition) is 0. The van der Waals surface area contributed by atoms with Gasteiger partial charge in [0.05, 0.1) is 6.26 Å². The van der Waals surface area contributed by atoms with Crippen LogP contribution in [0.1, 0.15) is 13.8 Å². The largest absolute Gasteiger partial charge is 0.436 e. The lowest BCUT2D eigenvalue weighted by Crippen LogP contribution is -2.68. The lowest BCUT2D eigenvalue weighted by molar-refractivity contribution is -0.165. The highest BCUT2D eigenvalue weighted by molar-refractivity contribution is 9.26. The quantitative estimate of drug-likeness (QED) is 0.201. The number of hydrogen-bond acceptors (Lipinski definition) is 7. The second-order valence-electron chi connectivity index (χ2n) is 5.21. The van der Waals surface area contributed by atoms with Gasteiger partial charge in [-0.25, -0.2) is 8.98 Å². The highest BCUT2D eigenvalue weighted by Gasteiger charge is 2.70. The number of rotatable bonds is 4. The molecule has 0 spiro atoms. The maximum Gasteiger partial charge on any atom is 0.332 e. The number of β-lactam (4-membered cyclic amide) rings is 1. The molecule has 2 fully saturated rings. The summed E-state index contributed by atoms with van der Waals surface area (Å²) in [5.41, 5.74) is 0. The van der Waals surface area contributed by atoms with E-state index in [0.29, 0.717) is 0 Å². The van der Waals surface area contributed by atoms with Crippen molar-refractivity contribution in [3.05, 3.63) is 0 Å². The number of amides is 1. The molecule has 0 aliphatic carbocycles. The Morgan fingerprint density at radius 3 is 2.52 bits per heavy atom. The summed E-state index contributed by atoms with van der Waals surface area (Å²) in [4.78, 5) is 25.7. The van der Waals surface area contributed by atoms with Crippen molar-refractivity contribution in [1.82, 2.24) is 4.90 Å². The van der Waals surface area contributed by atoms with E-state index in [-0.39, 0.29) is 11.3 Å². The summed E-state index contributed by atoms with van der Waals surface area (Å²) >= 11 is 8.04. The molecular formula is C10H13Br2NO6S2. The molecule has 1 amide bonds. The first-order valence-electron chi connectivity index (χ1n) is 5.77. The van der Waals surface area contributed by atoms with Crippen molar-refractivity contribution in [3.8, 4) is 0 Å². The van der Waals surface area contributed by atoms with E-state index in [0.717, 1.165) is 6.26 Å². The van der Waals surface area contributed by atoms with E-state index < -0.39 is 36.9 Å². The van der Waals surface area contributed by atoms with Crippen LogP contribution in [0.3, 0.4) is 0 Å². The van der Waals surface area contributed by atoms with Gasteiger partial charge in [-0.1, -0.05) is 31.9 Å². The van der Waals surface area contributed by atoms with Gasteiger partial charge >= 0.3 is 5.97 Å². The van der Waals surface area contributed by atoms with Gasteiger partial charge in [-0.15, -0.1) is 11.8 Å². The number of ether oxygens (including phenoxy) is 1. The molecule has 2 rings (SSSR count). The fraction of sp³-hybridized carbons (Fsp3) is 0.800. The lowest BCUT2D eigenvalue weighted by Gasteiger charge is -2.46. The molecule has 0 unspecified atom stereocenters. The molecule has 2 heterocycles. The lowest BCUT2D eigenvalue weighted by atomic mass is 9.98. The van der Waals surface area contributed by atoms with Gasteiger partial charge in [0.25, 0.3) is 16.0 Å². The number of fused-ring (bicyclic) bond motifs is 1. The third-order valence-corrected chi connectivity index (χ3v) is 7.43. The molecule has 2 saturated heterocycles. The number of nitrogens with zero attached hydrogens (tertiary/aromatic N) is 1. The minimum absolute atomic E-state index is 0.242. The summed E-state index contributed by atoms with van der Waals surface area (Å²) in [6, 6.07) is -0.800. The Hall–Kier alpha value is 0.160. The molecule has 2 atom stereocenters. The first-order valence-corrected chi connectivity index (χ1v) is 10.1. The third kappa shape index (κ3) is 3.12. The first-order chi connectivity index (χ1) is 9.38. The molecule has 2 aliphatic rings. The topological polar surface area (TPSA) is 90.0 Å². The van der Waals surface area contributed by atoms with Crippen LogP contribution in [0.2, 0.25) is 0 Å². The van der Waals surface area contributed by atoms with Crippen LogP contribution in [0.15, 0.2) is 0 Å². The zero-order valence-electron chi connectivity index (χ0n) is 11.3. The van der Waals surface area contributed by atoms with Gasteiger partial charge in [-0.05, 0) is 13.8 Å². The van der Waals surface area contributed by atoms with Crippen molar-refractivity contribution in [2.45, 2.75) is 33.2 Å². The Labute approximate surface area is 143 Å². The van der Waals surface area contributed by atoms with Crippen LogP contribution in [-0.4, -0.2) is 57.6 Å². The Bertz CT molecular complexity index is 590. The van der Waals surface area contributed by atoms with E-state index >= 15 is 0 Å². The van der Waals surface area contributed by atoms with Crippen LogP contribution in [0.5, 0.6) is 0 Å². The standard InChI is InChI=1S/C10H13Br2NO6S2/c1-9(2)5(6(14)18-4-19-21(3,16)17)13-7(15)10(11,12)8(13)20-9/h5,8H,4H2,1-3H3/t5-,8+/m0/s1. The third-order valence-electron chi connectivity index (χ3n) is 3.12. The molecule has 0 radical (unpaired) electrons. The second-order valence-corrected chi connectivity index (χ2v) is 12.2. The number of alkyl halides is 2. The maximum atomic E-state index is 12.2. The fourth-order valence-corrected chi connectivity index (χ4v) is 5.34. The van der Waals surface area contributed by atoms with E-state index in [2.05, 4.69) is 36.0 Å². The van der Waals surface area contributed by atoms with Crippen LogP contribution >= 0.6 is 43.6 Å². The van der Waals surface area contributed by atoms with Crippen LogP contribution < -0.4 is 0 Å². The van der Waals surface area contributed by atoms with Gasteiger partial charge < -0.3 is 9.64 Å². The van der Waals surface area contributed by atoms with E-state index in [1.807, 2.05) is 13.8 Å². The summed E-state index contributed by atoms with van der Waals surface area (Å²) < 4.78 is 29.4. The Balaban J connectivity index is 2.08. The van der Waals surface area contributed by atoms with E-state index in [4.69, 9.17) is 4.74 Å². The normalized spacial score (nSPS) is 29.8. The van der Waals surface area contributed by atoms with Crippen LogP contribution in [0.25, 0.3) is 0 Å². The number of esters is 1. The van der Waals surface area contributed by atoms with Gasteiger partial charge in [0.2, 0.25) is 6.79 Å². The van der Waals surface area contributed by atoms with E-state index in [1.165, 1.54) is 16.7 Å². The van der Waals surface area contributed by atoms with Crippen molar-refractivity contribution in [2.75, 3.05) is 13.0 Å². The average Bonchev–Trinajstić information content (AvgIpc) is 2.57.